The van der Waals surface area contributed by atoms with Gasteiger partial charge in [-0.3, -0.25) is 0 Å². The van der Waals surface area contributed by atoms with Crippen LogP contribution < -0.4 is 10.1 Å². The van der Waals surface area contributed by atoms with Crippen molar-refractivity contribution in [1.29, 1.82) is 0 Å². The van der Waals surface area contributed by atoms with E-state index in [4.69, 9.17) is 16.3 Å². The van der Waals surface area contributed by atoms with Crippen molar-refractivity contribution in [3.8, 4) is 5.75 Å². The molecule has 2 aromatic rings. The number of methoxy groups -OCH3 is 1. The Morgan fingerprint density at radius 1 is 1.25 bits per heavy atom. The normalized spacial score (nSPS) is 12.2. The molecule has 106 valence electrons. The first-order valence-electron chi connectivity index (χ1n) is 6.03. The monoisotopic (exact) mass is 357 g/mol. The van der Waals surface area contributed by atoms with Crippen molar-refractivity contribution in [2.75, 3.05) is 14.2 Å². The molecule has 1 atom stereocenters. The molecule has 0 bridgehead atoms. The van der Waals surface area contributed by atoms with Gasteiger partial charge in [0.05, 0.1) is 13.2 Å². The van der Waals surface area contributed by atoms with Crippen LogP contribution in [0.25, 0.3) is 0 Å². The van der Waals surface area contributed by atoms with Crippen LogP contribution in [0, 0.1) is 5.82 Å². The van der Waals surface area contributed by atoms with Gasteiger partial charge in [0.15, 0.2) is 11.6 Å². The van der Waals surface area contributed by atoms with Crippen molar-refractivity contribution < 1.29 is 9.13 Å². The van der Waals surface area contributed by atoms with Gasteiger partial charge in [0, 0.05) is 15.1 Å². The number of halogens is 3. The molecule has 2 rings (SSSR count). The predicted octanol–water partition coefficient (Wildman–Crippen LogP) is 4.56. The molecule has 2 aromatic carbocycles. The van der Waals surface area contributed by atoms with E-state index in [9.17, 15) is 4.39 Å². The first-order valence-corrected chi connectivity index (χ1v) is 7.20. The Kier molecular flexibility index (Phi) is 5.02. The lowest BCUT2D eigenvalue weighted by atomic mass is 9.98. The summed E-state index contributed by atoms with van der Waals surface area (Å²) in [5.74, 6) is -0.135. The van der Waals surface area contributed by atoms with Gasteiger partial charge in [0.2, 0.25) is 0 Å². The Morgan fingerprint density at radius 3 is 2.60 bits per heavy atom. The van der Waals surface area contributed by atoms with Gasteiger partial charge in [-0.15, -0.1) is 0 Å². The van der Waals surface area contributed by atoms with Crippen molar-refractivity contribution >= 4 is 27.5 Å². The molecule has 0 aliphatic heterocycles. The Hall–Kier alpha value is -1.10. The second-order valence-electron chi connectivity index (χ2n) is 4.25. The molecule has 0 heterocycles. The minimum absolute atomic E-state index is 0.229. The van der Waals surface area contributed by atoms with Crippen LogP contribution in [0.2, 0.25) is 5.02 Å². The zero-order valence-electron chi connectivity index (χ0n) is 11.1. The molecule has 0 fully saturated rings. The van der Waals surface area contributed by atoms with E-state index in [2.05, 4.69) is 21.2 Å². The van der Waals surface area contributed by atoms with Crippen molar-refractivity contribution in [1.82, 2.24) is 5.32 Å². The van der Waals surface area contributed by atoms with Gasteiger partial charge in [0.1, 0.15) is 0 Å². The summed E-state index contributed by atoms with van der Waals surface area (Å²) in [6, 6.07) is 10.3. The molecule has 0 saturated heterocycles. The first kappa shape index (κ1) is 15.3. The molecule has 0 amide bonds. The smallest absolute Gasteiger partial charge is 0.170 e. The second kappa shape index (κ2) is 6.57. The number of nitrogens with one attached hydrogen (secondary N) is 1. The molecule has 0 aliphatic carbocycles. The number of hydrogen-bond donors (Lipinski definition) is 1. The highest BCUT2D eigenvalue weighted by Gasteiger charge is 2.20. The molecule has 0 aromatic heterocycles. The lowest BCUT2D eigenvalue weighted by molar-refractivity contribution is 0.382. The third-order valence-corrected chi connectivity index (χ3v) is 4.01. The van der Waals surface area contributed by atoms with Crippen molar-refractivity contribution in [3.63, 3.8) is 0 Å². The van der Waals surface area contributed by atoms with Crippen LogP contribution in [0.5, 0.6) is 5.75 Å². The third-order valence-electron chi connectivity index (χ3n) is 3.09. The molecule has 0 spiro atoms. The average molecular weight is 359 g/mol. The molecule has 0 radical (unpaired) electrons. The lowest BCUT2D eigenvalue weighted by Gasteiger charge is -2.20. The van der Waals surface area contributed by atoms with Gasteiger partial charge < -0.3 is 10.1 Å². The van der Waals surface area contributed by atoms with Crippen LogP contribution in [-0.4, -0.2) is 14.2 Å². The number of ether oxygens (including phenoxy) is 1. The molecular formula is C15H14BrClFNO. The van der Waals surface area contributed by atoms with Crippen LogP contribution in [0.4, 0.5) is 4.39 Å². The summed E-state index contributed by atoms with van der Waals surface area (Å²) >= 11 is 9.41. The lowest BCUT2D eigenvalue weighted by Crippen LogP contribution is -2.19. The highest BCUT2D eigenvalue weighted by molar-refractivity contribution is 9.10. The average Bonchev–Trinajstić information content (AvgIpc) is 2.43. The molecule has 0 aliphatic rings. The molecule has 1 N–H and O–H groups in total. The Bertz CT molecular complexity index is 621. The SMILES string of the molecule is CNC(c1ccc(Cl)cc1Br)c1cccc(OC)c1F. The van der Waals surface area contributed by atoms with E-state index in [1.165, 1.54) is 7.11 Å². The quantitative estimate of drug-likeness (QED) is 0.865. The van der Waals surface area contributed by atoms with E-state index in [1.807, 2.05) is 6.07 Å². The summed E-state index contributed by atoms with van der Waals surface area (Å²) in [6.45, 7) is 0. The Balaban J connectivity index is 2.52. The van der Waals surface area contributed by atoms with Crippen LogP contribution >= 0.6 is 27.5 Å². The van der Waals surface area contributed by atoms with Crippen LogP contribution in [0.15, 0.2) is 40.9 Å². The largest absolute Gasteiger partial charge is 0.494 e. The summed E-state index contributed by atoms with van der Waals surface area (Å²) in [5.41, 5.74) is 1.43. The molecule has 5 heteroatoms. The topological polar surface area (TPSA) is 21.3 Å². The summed E-state index contributed by atoms with van der Waals surface area (Å²) in [5, 5.41) is 3.74. The van der Waals surface area contributed by atoms with E-state index in [0.29, 0.717) is 10.6 Å². The fourth-order valence-corrected chi connectivity index (χ4v) is 3.03. The van der Waals surface area contributed by atoms with Gasteiger partial charge in [0.25, 0.3) is 0 Å². The predicted molar refractivity (Wildman–Crippen MR) is 83.0 cm³/mol. The van der Waals surface area contributed by atoms with Gasteiger partial charge in [-0.2, -0.15) is 0 Å². The Labute approximate surface area is 131 Å². The van der Waals surface area contributed by atoms with Gasteiger partial charge in [-0.25, -0.2) is 4.39 Å². The molecule has 0 saturated carbocycles. The van der Waals surface area contributed by atoms with E-state index in [-0.39, 0.29) is 17.6 Å². The standard InChI is InChI=1S/C15H14BrClFNO/c1-19-15(10-7-6-9(17)8-12(10)16)11-4-3-5-13(20-2)14(11)18/h3-8,15,19H,1-2H3. The van der Waals surface area contributed by atoms with Crippen LogP contribution in [0.1, 0.15) is 17.2 Å². The van der Waals surface area contributed by atoms with Gasteiger partial charge in [-0.05, 0) is 30.8 Å². The van der Waals surface area contributed by atoms with Crippen LogP contribution in [0.3, 0.4) is 0 Å². The molecular weight excluding hydrogens is 345 g/mol. The fourth-order valence-electron chi connectivity index (χ4n) is 2.12. The highest BCUT2D eigenvalue weighted by Crippen LogP contribution is 2.33. The summed E-state index contributed by atoms with van der Waals surface area (Å²) < 4.78 is 20.3. The minimum atomic E-state index is -0.365. The number of rotatable bonds is 4. The summed E-state index contributed by atoms with van der Waals surface area (Å²) in [7, 11) is 3.24. The van der Waals surface area contributed by atoms with Gasteiger partial charge >= 0.3 is 0 Å². The van der Waals surface area contributed by atoms with E-state index < -0.39 is 0 Å². The van der Waals surface area contributed by atoms with Gasteiger partial charge in [-0.1, -0.05) is 45.7 Å². The van der Waals surface area contributed by atoms with Crippen molar-refractivity contribution in [3.05, 3.63) is 62.8 Å². The van der Waals surface area contributed by atoms with E-state index in [0.717, 1.165) is 10.0 Å². The van der Waals surface area contributed by atoms with Crippen molar-refractivity contribution in [2.24, 2.45) is 0 Å². The molecule has 2 nitrogen and oxygen atoms in total. The molecule has 1 unspecified atom stereocenters. The maximum absolute atomic E-state index is 14.4. The van der Waals surface area contributed by atoms with E-state index in [1.54, 1.807) is 37.4 Å². The zero-order valence-corrected chi connectivity index (χ0v) is 13.4. The highest BCUT2D eigenvalue weighted by atomic mass is 79.9. The number of benzene rings is 2. The molecule has 20 heavy (non-hydrogen) atoms. The number of hydrogen-bond acceptors (Lipinski definition) is 2. The fraction of sp³-hybridized carbons (Fsp3) is 0.200. The third kappa shape index (κ3) is 2.97. The maximum Gasteiger partial charge on any atom is 0.170 e. The Morgan fingerprint density at radius 2 is 2.00 bits per heavy atom. The summed E-state index contributed by atoms with van der Waals surface area (Å²) in [4.78, 5) is 0. The zero-order chi connectivity index (χ0) is 14.7. The first-order chi connectivity index (χ1) is 9.58. The summed E-state index contributed by atoms with van der Waals surface area (Å²) in [6.07, 6.45) is 0. The second-order valence-corrected chi connectivity index (χ2v) is 5.54. The minimum Gasteiger partial charge on any atom is -0.494 e. The van der Waals surface area contributed by atoms with E-state index >= 15 is 0 Å². The van der Waals surface area contributed by atoms with Crippen molar-refractivity contribution in [2.45, 2.75) is 6.04 Å². The van der Waals surface area contributed by atoms with Crippen LogP contribution in [-0.2, 0) is 0 Å². The maximum atomic E-state index is 14.4.